The summed E-state index contributed by atoms with van der Waals surface area (Å²) in [6, 6.07) is 11.8. The van der Waals surface area contributed by atoms with Gasteiger partial charge < -0.3 is 33.9 Å². The van der Waals surface area contributed by atoms with Gasteiger partial charge in [-0.15, -0.1) is 0 Å². The molecule has 2 heterocycles. The maximum atomic E-state index is 14.4. The van der Waals surface area contributed by atoms with Crippen LogP contribution < -0.4 is 5.32 Å². The fourth-order valence-corrected chi connectivity index (χ4v) is 7.09. The summed E-state index contributed by atoms with van der Waals surface area (Å²) in [6.45, 7) is 9.35. The number of ether oxygens (including phenoxy) is 3. The first-order valence-electron chi connectivity index (χ1n) is 19.3. The van der Waals surface area contributed by atoms with Gasteiger partial charge in [0.15, 0.2) is 11.6 Å². The van der Waals surface area contributed by atoms with E-state index in [9.17, 15) is 28.0 Å². The summed E-state index contributed by atoms with van der Waals surface area (Å²) in [5.74, 6) is -3.07. The highest BCUT2D eigenvalue weighted by Crippen LogP contribution is 2.29. The number of likely N-dealkylation sites (N-methyl/N-ethyl adjacent to an activating group) is 1. The maximum Gasteiger partial charge on any atom is 0.410 e. The third-order valence-corrected chi connectivity index (χ3v) is 10.3. The van der Waals surface area contributed by atoms with E-state index in [0.29, 0.717) is 30.7 Å². The van der Waals surface area contributed by atoms with Gasteiger partial charge in [0.2, 0.25) is 11.8 Å². The van der Waals surface area contributed by atoms with Crippen LogP contribution in [0.15, 0.2) is 48.5 Å². The van der Waals surface area contributed by atoms with Crippen molar-refractivity contribution >= 4 is 34.7 Å². The Balaban J connectivity index is 1.21. The molecule has 55 heavy (non-hydrogen) atoms. The molecule has 3 aromatic rings. The molecule has 2 unspecified atom stereocenters. The second-order valence-electron chi connectivity index (χ2n) is 15.4. The predicted octanol–water partition coefficient (Wildman–Crippen LogP) is 5.76. The van der Waals surface area contributed by atoms with Gasteiger partial charge in [0.25, 0.3) is 5.91 Å². The molecule has 1 N–H and O–H groups in total. The lowest BCUT2D eigenvalue weighted by atomic mass is 9.83. The molecule has 2 fully saturated rings. The highest BCUT2D eigenvalue weighted by atomic mass is 19.2. The molecule has 1 saturated heterocycles. The van der Waals surface area contributed by atoms with Crippen LogP contribution in [0, 0.1) is 17.6 Å². The topological polar surface area (TPSA) is 123 Å². The van der Waals surface area contributed by atoms with E-state index >= 15 is 0 Å². The summed E-state index contributed by atoms with van der Waals surface area (Å²) in [6.07, 6.45) is 3.92. The van der Waals surface area contributed by atoms with Crippen molar-refractivity contribution in [3.05, 3.63) is 71.4 Å². The van der Waals surface area contributed by atoms with Gasteiger partial charge in [0, 0.05) is 51.2 Å². The monoisotopic (exact) mass is 767 g/mol. The van der Waals surface area contributed by atoms with E-state index in [-0.39, 0.29) is 62.8 Å². The Bertz CT molecular complexity index is 1780. The molecule has 12 nitrogen and oxygen atoms in total. The average molecular weight is 768 g/mol. The van der Waals surface area contributed by atoms with Gasteiger partial charge in [-0.1, -0.05) is 49.6 Å². The van der Waals surface area contributed by atoms with Crippen LogP contribution in [0.4, 0.5) is 13.6 Å². The molecule has 1 aromatic heterocycles. The van der Waals surface area contributed by atoms with Gasteiger partial charge in [-0.3, -0.25) is 19.3 Å². The molecule has 0 spiro atoms. The number of carbonyl (C=O) groups excluding carboxylic acids is 4. The van der Waals surface area contributed by atoms with Crippen LogP contribution in [-0.4, -0.2) is 114 Å². The van der Waals surface area contributed by atoms with E-state index in [1.54, 1.807) is 48.1 Å². The molecule has 1 saturated carbocycles. The highest BCUT2D eigenvalue weighted by Gasteiger charge is 2.38. The van der Waals surface area contributed by atoms with Crippen LogP contribution >= 0.6 is 0 Å². The largest absolute Gasteiger partial charge is 0.444 e. The van der Waals surface area contributed by atoms with Gasteiger partial charge in [0.05, 0.1) is 31.9 Å². The number of piperazine rings is 1. The zero-order valence-corrected chi connectivity index (χ0v) is 32.7. The van der Waals surface area contributed by atoms with Crippen molar-refractivity contribution in [3.63, 3.8) is 0 Å². The molecule has 2 aromatic carbocycles. The molecule has 1 aliphatic carbocycles. The molecule has 1 aliphatic heterocycles. The van der Waals surface area contributed by atoms with Crippen molar-refractivity contribution in [3.8, 4) is 0 Å². The Morgan fingerprint density at radius 1 is 0.873 bits per heavy atom. The Hall–Kier alpha value is -4.56. The average Bonchev–Trinajstić information content (AvgIpc) is 3.51. The van der Waals surface area contributed by atoms with E-state index in [2.05, 4.69) is 5.32 Å². The number of halogens is 2. The summed E-state index contributed by atoms with van der Waals surface area (Å²) in [7, 11) is 1.49. The minimum absolute atomic E-state index is 0.0574. The van der Waals surface area contributed by atoms with Gasteiger partial charge in [-0.05, 0) is 64.2 Å². The Labute approximate surface area is 322 Å². The summed E-state index contributed by atoms with van der Waals surface area (Å²) < 4.78 is 47.2. The number of hydrogen-bond donors (Lipinski definition) is 1. The zero-order chi connectivity index (χ0) is 39.7. The van der Waals surface area contributed by atoms with E-state index in [4.69, 9.17) is 14.2 Å². The third kappa shape index (κ3) is 11.0. The van der Waals surface area contributed by atoms with Crippen molar-refractivity contribution in [2.45, 2.75) is 90.6 Å². The van der Waals surface area contributed by atoms with E-state index in [0.717, 1.165) is 49.8 Å². The molecule has 0 radical (unpaired) electrons. The summed E-state index contributed by atoms with van der Waals surface area (Å²) in [5, 5.41) is 3.36. The quantitative estimate of drug-likeness (QED) is 0.207. The van der Waals surface area contributed by atoms with E-state index in [1.807, 2.05) is 30.3 Å². The van der Waals surface area contributed by atoms with Crippen LogP contribution in [-0.2, 0) is 37.0 Å². The van der Waals surface area contributed by atoms with Gasteiger partial charge >= 0.3 is 6.09 Å². The molecular weight excluding hydrogens is 712 g/mol. The van der Waals surface area contributed by atoms with Crippen LogP contribution in [0.5, 0.6) is 0 Å². The molecule has 14 heteroatoms. The third-order valence-electron chi connectivity index (χ3n) is 10.3. The number of rotatable bonds is 14. The van der Waals surface area contributed by atoms with Crippen LogP contribution in [0.25, 0.3) is 10.9 Å². The second-order valence-corrected chi connectivity index (χ2v) is 15.4. The second kappa shape index (κ2) is 18.9. The fraction of sp³-hybridized carbons (Fsp3) is 0.561. The zero-order valence-electron chi connectivity index (χ0n) is 32.7. The number of benzene rings is 2. The minimum Gasteiger partial charge on any atom is -0.444 e. The first-order chi connectivity index (χ1) is 26.2. The van der Waals surface area contributed by atoms with Crippen LogP contribution in [0.2, 0.25) is 0 Å². The Morgan fingerprint density at radius 3 is 2.18 bits per heavy atom. The van der Waals surface area contributed by atoms with E-state index < -0.39 is 41.3 Å². The minimum atomic E-state index is -1.02. The normalized spacial score (nSPS) is 16.5. The molecular formula is C41H55F2N5O7. The lowest BCUT2D eigenvalue weighted by molar-refractivity contribution is -0.140. The van der Waals surface area contributed by atoms with Crippen molar-refractivity contribution < 1.29 is 42.2 Å². The lowest BCUT2D eigenvalue weighted by Crippen LogP contribution is -2.59. The summed E-state index contributed by atoms with van der Waals surface area (Å²) in [4.78, 5) is 58.8. The SMILES string of the molecule is CC(C(=O)NC(C(=O)N1CCN(C(=O)c2cc3cc(F)c(F)cc3n2CCOCCOCc2ccccc2)CC1)C1CCCCC1)N(C)C(=O)OC(C)(C)C. The van der Waals surface area contributed by atoms with Crippen molar-refractivity contribution in [2.75, 3.05) is 53.0 Å². The van der Waals surface area contributed by atoms with Crippen molar-refractivity contribution in [1.29, 1.82) is 0 Å². The molecule has 2 atom stereocenters. The van der Waals surface area contributed by atoms with Crippen LogP contribution in [0.1, 0.15) is 75.9 Å². The number of nitrogens with one attached hydrogen (secondary N) is 1. The molecule has 0 bridgehead atoms. The Kier molecular flexibility index (Phi) is 14.3. The standard InChI is InChI=1S/C41H55F2N5O7/c1-28(45(5)40(52)55-41(2,3)4)37(49)44-36(30-14-10-7-11-15-30)39(51)47-18-16-46(17-19-47)38(50)35-25-31-24-32(42)33(43)26-34(31)48(35)20-21-53-22-23-54-27-29-12-8-6-9-13-29/h6,8-9,12-13,24-26,28,30,36H,7,10-11,14-23,27H2,1-5H3,(H,44,49). The lowest BCUT2D eigenvalue weighted by Gasteiger charge is -2.39. The number of fused-ring (bicyclic) bond motifs is 1. The molecule has 2 aliphatic rings. The molecule has 5 rings (SSSR count). The predicted molar refractivity (Wildman–Crippen MR) is 203 cm³/mol. The van der Waals surface area contributed by atoms with Gasteiger partial charge in [-0.2, -0.15) is 0 Å². The smallest absolute Gasteiger partial charge is 0.410 e. The summed E-state index contributed by atoms with van der Waals surface area (Å²) >= 11 is 0. The first-order valence-corrected chi connectivity index (χ1v) is 19.3. The fourth-order valence-electron chi connectivity index (χ4n) is 7.09. The van der Waals surface area contributed by atoms with Gasteiger partial charge in [-0.25, -0.2) is 13.6 Å². The van der Waals surface area contributed by atoms with Crippen LogP contribution in [0.3, 0.4) is 0 Å². The number of amides is 4. The number of carbonyl (C=O) groups is 4. The Morgan fingerprint density at radius 2 is 1.51 bits per heavy atom. The number of aromatic nitrogens is 1. The molecule has 300 valence electrons. The number of hydrogen-bond acceptors (Lipinski definition) is 7. The summed E-state index contributed by atoms with van der Waals surface area (Å²) in [5.41, 5.74) is 0.955. The molecule has 4 amide bonds. The first kappa shape index (κ1) is 41.6. The highest BCUT2D eigenvalue weighted by molar-refractivity contribution is 5.99. The van der Waals surface area contributed by atoms with Crippen molar-refractivity contribution in [1.82, 2.24) is 24.6 Å². The van der Waals surface area contributed by atoms with Crippen molar-refractivity contribution in [2.24, 2.45) is 5.92 Å². The van der Waals surface area contributed by atoms with E-state index in [1.165, 1.54) is 11.9 Å². The number of nitrogens with zero attached hydrogens (tertiary/aromatic N) is 4. The van der Waals surface area contributed by atoms with Gasteiger partial charge in [0.1, 0.15) is 23.4 Å². The maximum absolute atomic E-state index is 14.4.